The summed E-state index contributed by atoms with van der Waals surface area (Å²) in [6.45, 7) is 6.69. The van der Waals surface area contributed by atoms with Gasteiger partial charge in [0.1, 0.15) is 18.2 Å². The van der Waals surface area contributed by atoms with E-state index in [1.807, 2.05) is 0 Å². The molecular formula is C17H25NO6. The fourth-order valence-corrected chi connectivity index (χ4v) is 1.81. The molecule has 1 aromatic carbocycles. The van der Waals surface area contributed by atoms with Crippen molar-refractivity contribution >= 4 is 11.9 Å². The minimum absolute atomic E-state index is 0.138. The van der Waals surface area contributed by atoms with Gasteiger partial charge in [-0.1, -0.05) is 19.9 Å². The number of rotatable bonds is 7. The van der Waals surface area contributed by atoms with Gasteiger partial charge in [0.2, 0.25) is 0 Å². The maximum atomic E-state index is 12.0. The zero-order valence-electron chi connectivity index (χ0n) is 14.4. The Morgan fingerprint density at radius 3 is 2.04 bits per heavy atom. The molecule has 0 spiro atoms. The summed E-state index contributed by atoms with van der Waals surface area (Å²) in [5.74, 6) is -1.79. The highest BCUT2D eigenvalue weighted by Gasteiger charge is 2.25. The Labute approximate surface area is 141 Å². The minimum atomic E-state index is -0.940. The molecule has 1 aromatic rings. The molecule has 24 heavy (non-hydrogen) atoms. The van der Waals surface area contributed by atoms with Crippen LogP contribution in [0.15, 0.2) is 18.2 Å². The number of phenols is 2. The Balaban J connectivity index is 2.56. The first-order chi connectivity index (χ1) is 11.1. The maximum absolute atomic E-state index is 12.0. The highest BCUT2D eigenvalue weighted by Crippen LogP contribution is 2.25. The molecule has 7 nitrogen and oxygen atoms in total. The van der Waals surface area contributed by atoms with Gasteiger partial charge in [-0.05, 0) is 38.0 Å². The molecule has 0 fully saturated rings. The van der Waals surface area contributed by atoms with Gasteiger partial charge in [-0.2, -0.15) is 0 Å². The highest BCUT2D eigenvalue weighted by atomic mass is 16.6. The summed E-state index contributed by atoms with van der Waals surface area (Å²) < 4.78 is 10.4. The van der Waals surface area contributed by atoms with Gasteiger partial charge in [-0.3, -0.25) is 9.59 Å². The van der Waals surface area contributed by atoms with Gasteiger partial charge >= 0.3 is 11.9 Å². The van der Waals surface area contributed by atoms with E-state index in [2.05, 4.69) is 0 Å². The zero-order valence-corrected chi connectivity index (χ0v) is 14.4. The molecule has 0 heterocycles. The van der Waals surface area contributed by atoms with Crippen molar-refractivity contribution < 1.29 is 29.3 Å². The highest BCUT2D eigenvalue weighted by molar-refractivity contribution is 5.76. The molecule has 134 valence electrons. The molecule has 0 aliphatic rings. The van der Waals surface area contributed by atoms with Crippen molar-refractivity contribution in [2.24, 2.45) is 11.7 Å². The van der Waals surface area contributed by atoms with Gasteiger partial charge in [-0.25, -0.2) is 0 Å². The Hall–Kier alpha value is -2.28. The lowest BCUT2D eigenvalue weighted by Gasteiger charge is -2.23. The molecule has 7 heteroatoms. The third kappa shape index (κ3) is 5.73. The number of aromatic hydroxyl groups is 2. The second-order valence-corrected chi connectivity index (χ2v) is 6.07. The fraction of sp³-hybridized carbons (Fsp3) is 0.529. The van der Waals surface area contributed by atoms with Gasteiger partial charge in [0, 0.05) is 0 Å². The Morgan fingerprint density at radius 2 is 1.54 bits per heavy atom. The normalized spacial score (nSPS) is 14.8. The van der Waals surface area contributed by atoms with E-state index >= 15 is 0 Å². The molecule has 4 N–H and O–H groups in total. The molecule has 0 radical (unpaired) electrons. The lowest BCUT2D eigenvalue weighted by Crippen LogP contribution is -2.39. The zero-order chi connectivity index (χ0) is 18.4. The quantitative estimate of drug-likeness (QED) is 0.508. The van der Waals surface area contributed by atoms with Crippen molar-refractivity contribution in [3.63, 3.8) is 0 Å². The molecule has 3 atom stereocenters. The van der Waals surface area contributed by atoms with Crippen LogP contribution in [-0.4, -0.2) is 40.4 Å². The summed E-state index contributed by atoms with van der Waals surface area (Å²) >= 11 is 0. The number of hydrogen-bond acceptors (Lipinski definition) is 7. The van der Waals surface area contributed by atoms with Crippen LogP contribution in [0, 0.1) is 5.92 Å². The molecule has 0 saturated heterocycles. The van der Waals surface area contributed by atoms with E-state index in [9.17, 15) is 19.8 Å². The van der Waals surface area contributed by atoms with Gasteiger partial charge in [-0.15, -0.1) is 0 Å². The Bertz CT molecular complexity index is 586. The summed E-state index contributed by atoms with van der Waals surface area (Å²) in [5.41, 5.74) is 6.39. The number of carbonyl (C=O) groups excluding carboxylic acids is 2. The first-order valence-electron chi connectivity index (χ1n) is 7.79. The van der Waals surface area contributed by atoms with E-state index < -0.39 is 24.2 Å². The average Bonchev–Trinajstić information content (AvgIpc) is 2.50. The van der Waals surface area contributed by atoms with Crippen molar-refractivity contribution in [3.05, 3.63) is 23.8 Å². The number of hydrogen-bond donors (Lipinski definition) is 3. The molecule has 0 unspecified atom stereocenters. The number of carbonyl (C=O) groups is 2. The summed E-state index contributed by atoms with van der Waals surface area (Å²) in [4.78, 5) is 23.6. The second kappa shape index (κ2) is 8.54. The van der Waals surface area contributed by atoms with E-state index in [1.54, 1.807) is 33.8 Å². The summed E-state index contributed by atoms with van der Waals surface area (Å²) in [5, 5.41) is 18.7. The van der Waals surface area contributed by atoms with Crippen molar-refractivity contribution in [1.29, 1.82) is 0 Å². The molecule has 0 saturated carbocycles. The van der Waals surface area contributed by atoms with Crippen LogP contribution >= 0.6 is 0 Å². The molecule has 0 amide bonds. The fourth-order valence-electron chi connectivity index (χ4n) is 1.81. The largest absolute Gasteiger partial charge is 0.504 e. The molecule has 0 aliphatic carbocycles. The van der Waals surface area contributed by atoms with Crippen LogP contribution < -0.4 is 5.73 Å². The van der Waals surface area contributed by atoms with Crippen molar-refractivity contribution in [2.45, 2.75) is 52.4 Å². The monoisotopic (exact) mass is 339 g/mol. The summed E-state index contributed by atoms with van der Waals surface area (Å²) in [6.07, 6.45) is -1.09. The van der Waals surface area contributed by atoms with Crippen molar-refractivity contribution in [2.75, 3.05) is 0 Å². The maximum Gasteiger partial charge on any atom is 0.323 e. The molecule has 0 aromatic heterocycles. The molecular weight excluding hydrogens is 314 g/mol. The number of ether oxygens (including phenoxy) is 2. The van der Waals surface area contributed by atoms with Crippen LogP contribution in [0.3, 0.4) is 0 Å². The second-order valence-electron chi connectivity index (χ2n) is 6.07. The van der Waals surface area contributed by atoms with Crippen LogP contribution in [0.4, 0.5) is 0 Å². The van der Waals surface area contributed by atoms with Gasteiger partial charge < -0.3 is 25.4 Å². The number of nitrogens with two attached hydrogens (primary N) is 1. The van der Waals surface area contributed by atoms with Crippen LogP contribution in [0.2, 0.25) is 0 Å². The van der Waals surface area contributed by atoms with Gasteiger partial charge in [0.05, 0.1) is 5.92 Å². The number of phenolic OH excluding ortho intramolecular Hbond substituents is 2. The number of benzene rings is 1. The predicted molar refractivity (Wildman–Crippen MR) is 87.4 cm³/mol. The molecule has 0 bridgehead atoms. The van der Waals surface area contributed by atoms with E-state index in [1.165, 1.54) is 12.1 Å². The summed E-state index contributed by atoms with van der Waals surface area (Å²) in [7, 11) is 0. The van der Waals surface area contributed by atoms with Gasteiger partial charge in [0.25, 0.3) is 0 Å². The molecule has 1 rings (SSSR count). The van der Waals surface area contributed by atoms with Crippen molar-refractivity contribution in [3.8, 4) is 11.5 Å². The third-order valence-corrected chi connectivity index (χ3v) is 3.53. The van der Waals surface area contributed by atoms with Crippen LogP contribution in [-0.2, 0) is 25.5 Å². The lowest BCUT2D eigenvalue weighted by molar-refractivity contribution is -0.168. The van der Waals surface area contributed by atoms with Crippen LogP contribution in [0.5, 0.6) is 11.5 Å². The van der Waals surface area contributed by atoms with E-state index in [0.717, 1.165) is 0 Å². The third-order valence-electron chi connectivity index (χ3n) is 3.53. The van der Waals surface area contributed by atoms with Crippen LogP contribution in [0.25, 0.3) is 0 Å². The summed E-state index contributed by atoms with van der Waals surface area (Å²) in [6, 6.07) is 3.26. The Morgan fingerprint density at radius 1 is 1.00 bits per heavy atom. The van der Waals surface area contributed by atoms with E-state index in [-0.39, 0.29) is 29.8 Å². The topological polar surface area (TPSA) is 119 Å². The predicted octanol–water partition coefficient (Wildman–Crippen LogP) is 1.49. The van der Waals surface area contributed by atoms with Crippen molar-refractivity contribution in [1.82, 2.24) is 0 Å². The van der Waals surface area contributed by atoms with Crippen LogP contribution in [0.1, 0.15) is 33.3 Å². The SMILES string of the molecule is CC(C)C(=O)O[C@H](C)[C@H](C)OC(=O)[C@@H](N)Cc1ccc(O)c(O)c1. The lowest BCUT2D eigenvalue weighted by atomic mass is 10.1. The van der Waals surface area contributed by atoms with Gasteiger partial charge in [0.15, 0.2) is 11.5 Å². The smallest absolute Gasteiger partial charge is 0.323 e. The first kappa shape index (κ1) is 19.8. The molecule has 0 aliphatic heterocycles. The first-order valence-corrected chi connectivity index (χ1v) is 7.79. The average molecular weight is 339 g/mol. The Kier molecular flexibility index (Phi) is 7.03. The minimum Gasteiger partial charge on any atom is -0.504 e. The van der Waals surface area contributed by atoms with E-state index in [0.29, 0.717) is 5.56 Å². The number of esters is 2. The standard InChI is InChI=1S/C17H25NO6/c1-9(2)16(21)23-10(3)11(4)24-17(22)13(18)7-12-5-6-14(19)15(20)8-12/h5-6,8-11,13,19-20H,7,18H2,1-4H3/t10-,11+,13+/m1/s1. The van der Waals surface area contributed by atoms with E-state index in [4.69, 9.17) is 15.2 Å².